The molecule has 38 heavy (non-hydrogen) atoms. The van der Waals surface area contributed by atoms with Gasteiger partial charge in [-0.2, -0.15) is 18.2 Å². The Labute approximate surface area is 229 Å². The molecule has 2 aliphatic rings. The second kappa shape index (κ2) is 10.2. The smallest absolute Gasteiger partial charge is 0.348 e. The number of nitro groups is 1. The summed E-state index contributed by atoms with van der Waals surface area (Å²) in [5.41, 5.74) is -1.34. The largest absolute Gasteiger partial charge is 0.416 e. The lowest BCUT2D eigenvalue weighted by molar-refractivity contribution is -0.383. The zero-order valence-electron chi connectivity index (χ0n) is 20.6. The van der Waals surface area contributed by atoms with Gasteiger partial charge in [-0.05, 0) is 74.9 Å². The number of anilines is 1. The molecular formula is C26H26BrF3N4O3S. The van der Waals surface area contributed by atoms with Crippen LogP contribution in [0.2, 0.25) is 0 Å². The average Bonchev–Trinajstić information content (AvgIpc) is 2.88. The van der Waals surface area contributed by atoms with E-state index < -0.39 is 27.9 Å². The maximum atomic E-state index is 13.2. The number of nitro benzene ring substituents is 1. The van der Waals surface area contributed by atoms with Crippen molar-refractivity contribution in [1.29, 1.82) is 0 Å². The van der Waals surface area contributed by atoms with Crippen LogP contribution in [-0.4, -0.2) is 41.0 Å². The predicted molar refractivity (Wildman–Crippen MR) is 145 cm³/mol. The third-order valence-electron chi connectivity index (χ3n) is 8.07. The van der Waals surface area contributed by atoms with Crippen LogP contribution in [0.5, 0.6) is 0 Å². The van der Waals surface area contributed by atoms with Crippen LogP contribution >= 0.6 is 27.3 Å². The zero-order valence-corrected chi connectivity index (χ0v) is 23.0. The minimum absolute atomic E-state index is 0.0754. The van der Waals surface area contributed by atoms with Gasteiger partial charge < -0.3 is 4.90 Å². The zero-order chi connectivity index (χ0) is 27.2. The van der Waals surface area contributed by atoms with Crippen molar-refractivity contribution in [3.05, 3.63) is 72.5 Å². The number of piperidine rings is 2. The quantitative estimate of drug-likeness (QED) is 0.239. The Balaban J connectivity index is 1.30. The van der Waals surface area contributed by atoms with E-state index in [-0.39, 0.29) is 15.5 Å². The number of likely N-dealkylation sites (tertiary alicyclic amines) is 1. The van der Waals surface area contributed by atoms with E-state index in [0.29, 0.717) is 36.4 Å². The summed E-state index contributed by atoms with van der Waals surface area (Å²) in [5.74, 6) is 0. The second-order valence-corrected chi connectivity index (χ2v) is 12.1. The first-order chi connectivity index (χ1) is 18.0. The van der Waals surface area contributed by atoms with Gasteiger partial charge in [-0.3, -0.25) is 19.8 Å². The van der Waals surface area contributed by atoms with E-state index >= 15 is 0 Å². The Bertz CT molecular complexity index is 1410. The third-order valence-corrected chi connectivity index (χ3v) is 9.76. The number of hydrogen-bond donors (Lipinski definition) is 0. The van der Waals surface area contributed by atoms with Gasteiger partial charge in [-0.25, -0.2) is 0 Å². The van der Waals surface area contributed by atoms with Crippen LogP contribution in [0.25, 0.3) is 10.1 Å². The van der Waals surface area contributed by atoms with Crippen molar-refractivity contribution in [3.8, 4) is 0 Å². The summed E-state index contributed by atoms with van der Waals surface area (Å²) in [5, 5.41) is 11.5. The van der Waals surface area contributed by atoms with Crippen LogP contribution in [0.15, 0.2) is 45.7 Å². The fourth-order valence-electron chi connectivity index (χ4n) is 5.59. The highest BCUT2D eigenvalue weighted by molar-refractivity contribution is 9.10. The molecule has 5 rings (SSSR count). The molecule has 0 bridgehead atoms. The van der Waals surface area contributed by atoms with Crippen LogP contribution in [0.1, 0.15) is 49.8 Å². The van der Waals surface area contributed by atoms with Crippen molar-refractivity contribution in [1.82, 2.24) is 9.88 Å². The van der Waals surface area contributed by atoms with Crippen molar-refractivity contribution < 1.29 is 18.1 Å². The highest BCUT2D eigenvalue weighted by Gasteiger charge is 2.39. The van der Waals surface area contributed by atoms with Crippen molar-refractivity contribution in [2.45, 2.75) is 44.8 Å². The first-order valence-corrected chi connectivity index (χ1v) is 14.0. The minimum atomic E-state index is -4.80. The standard InChI is InChI=1S/C26H26BrF3N4O3S/c1-16(17-2-4-19(27)5-3-17)32-10-6-25(7-11-32)8-12-33(13-9-25)24-31-23(35)20-14-18(26(28,29)30)15-21(34(36)37)22(20)38-24/h2-5,14-16H,6-13H2,1H3. The number of hydrogen-bond acceptors (Lipinski definition) is 7. The molecule has 1 atom stereocenters. The summed E-state index contributed by atoms with van der Waals surface area (Å²) in [6.07, 6.45) is -0.864. The highest BCUT2D eigenvalue weighted by Crippen LogP contribution is 2.45. The molecule has 202 valence electrons. The van der Waals surface area contributed by atoms with Crippen LogP contribution in [0.3, 0.4) is 0 Å². The first kappa shape index (κ1) is 27.0. The third kappa shape index (κ3) is 5.30. The van der Waals surface area contributed by atoms with Crippen LogP contribution in [-0.2, 0) is 6.18 Å². The van der Waals surface area contributed by atoms with Gasteiger partial charge in [0.2, 0.25) is 0 Å². The van der Waals surface area contributed by atoms with E-state index in [1.54, 1.807) is 0 Å². The van der Waals surface area contributed by atoms with E-state index in [0.717, 1.165) is 54.6 Å². The summed E-state index contributed by atoms with van der Waals surface area (Å²) >= 11 is 4.40. The van der Waals surface area contributed by atoms with Gasteiger partial charge in [0.15, 0.2) is 5.13 Å². The van der Waals surface area contributed by atoms with E-state index in [9.17, 15) is 28.1 Å². The normalized spacial score (nSPS) is 19.1. The lowest BCUT2D eigenvalue weighted by atomic mass is 9.71. The van der Waals surface area contributed by atoms with E-state index in [1.165, 1.54) is 5.56 Å². The molecule has 0 radical (unpaired) electrons. The molecule has 3 heterocycles. The predicted octanol–water partition coefficient (Wildman–Crippen LogP) is 6.79. The second-order valence-electron chi connectivity index (χ2n) is 10.2. The molecular weight excluding hydrogens is 585 g/mol. The van der Waals surface area contributed by atoms with Gasteiger partial charge in [0.1, 0.15) is 4.70 Å². The molecule has 3 aromatic rings. The van der Waals surface area contributed by atoms with Gasteiger partial charge in [0, 0.05) is 29.7 Å². The van der Waals surface area contributed by atoms with Gasteiger partial charge in [0.25, 0.3) is 11.2 Å². The lowest BCUT2D eigenvalue weighted by Gasteiger charge is -2.48. The van der Waals surface area contributed by atoms with Gasteiger partial charge in [0.05, 0.1) is 15.9 Å². The Morgan fingerprint density at radius 3 is 2.26 bits per heavy atom. The Kier molecular flexibility index (Phi) is 7.25. The molecule has 2 aliphatic heterocycles. The molecule has 0 N–H and O–H groups in total. The monoisotopic (exact) mass is 610 g/mol. The minimum Gasteiger partial charge on any atom is -0.348 e. The number of fused-ring (bicyclic) bond motifs is 1. The summed E-state index contributed by atoms with van der Waals surface area (Å²) in [6.45, 7) is 5.50. The highest BCUT2D eigenvalue weighted by atomic mass is 79.9. The number of non-ortho nitro benzene ring substituents is 1. The lowest BCUT2D eigenvalue weighted by Crippen LogP contribution is -2.47. The van der Waals surface area contributed by atoms with Crippen molar-refractivity contribution >= 4 is 48.2 Å². The first-order valence-electron chi connectivity index (χ1n) is 12.4. The Morgan fingerprint density at radius 1 is 1.08 bits per heavy atom. The molecule has 0 aliphatic carbocycles. The van der Waals surface area contributed by atoms with Gasteiger partial charge in [-0.1, -0.05) is 39.4 Å². The van der Waals surface area contributed by atoms with Crippen LogP contribution in [0, 0.1) is 15.5 Å². The van der Waals surface area contributed by atoms with E-state index in [1.807, 2.05) is 4.90 Å². The number of benzene rings is 2. The Morgan fingerprint density at radius 2 is 1.68 bits per heavy atom. The molecule has 7 nitrogen and oxygen atoms in total. The molecule has 1 aromatic heterocycles. The van der Waals surface area contributed by atoms with Crippen molar-refractivity contribution in [2.24, 2.45) is 5.41 Å². The number of alkyl halides is 3. The summed E-state index contributed by atoms with van der Waals surface area (Å²) in [6, 6.07) is 9.90. The number of nitrogens with zero attached hydrogens (tertiary/aromatic N) is 4. The summed E-state index contributed by atoms with van der Waals surface area (Å²) in [4.78, 5) is 31.9. The SMILES string of the molecule is CC(c1ccc(Br)cc1)N1CCC2(CCN(c3nc(=O)c4cc(C(F)(F)F)cc([N+](=O)[O-])c4s3)CC2)CC1. The fourth-order valence-corrected chi connectivity index (χ4v) is 6.97. The molecule has 0 saturated carbocycles. The van der Waals surface area contributed by atoms with Gasteiger partial charge in [-0.15, -0.1) is 0 Å². The number of halogens is 4. The number of rotatable bonds is 4. The maximum absolute atomic E-state index is 13.2. The Hall–Kier alpha value is -2.57. The fraction of sp³-hybridized carbons (Fsp3) is 0.462. The van der Waals surface area contributed by atoms with Gasteiger partial charge >= 0.3 is 6.18 Å². The summed E-state index contributed by atoms with van der Waals surface area (Å²) in [7, 11) is 0. The molecule has 12 heteroatoms. The molecule has 0 amide bonds. The van der Waals surface area contributed by atoms with Crippen LogP contribution in [0.4, 0.5) is 24.0 Å². The average molecular weight is 611 g/mol. The van der Waals surface area contributed by atoms with Crippen molar-refractivity contribution in [2.75, 3.05) is 31.1 Å². The maximum Gasteiger partial charge on any atom is 0.416 e. The van der Waals surface area contributed by atoms with Crippen LogP contribution < -0.4 is 10.5 Å². The topological polar surface area (TPSA) is 79.6 Å². The van der Waals surface area contributed by atoms with E-state index in [4.69, 9.17) is 0 Å². The molecule has 2 aromatic carbocycles. The van der Waals surface area contributed by atoms with Crippen molar-refractivity contribution in [3.63, 3.8) is 0 Å². The van der Waals surface area contributed by atoms with E-state index in [2.05, 4.69) is 57.0 Å². The molecule has 2 fully saturated rings. The number of aromatic nitrogens is 1. The molecule has 2 saturated heterocycles. The molecule has 1 spiro atoms. The summed E-state index contributed by atoms with van der Waals surface area (Å²) < 4.78 is 40.7. The molecule has 1 unspecified atom stereocenters.